The third-order valence-corrected chi connectivity index (χ3v) is 12.8. The number of benzene rings is 8. The zero-order chi connectivity index (χ0) is 38.8. The number of hydrogen-bond acceptors (Lipinski definition) is 3. The number of para-hydroxylation sites is 5. The fourth-order valence-corrected chi connectivity index (χ4v) is 10.2. The van der Waals surface area contributed by atoms with Gasteiger partial charge in [0, 0.05) is 60.5 Å². The molecule has 0 bridgehead atoms. The average Bonchev–Trinajstić information content (AvgIpc) is 4.03. The number of fused-ring (bicyclic) bond motifs is 12. The molecular formula is C55H36N2O2. The van der Waals surface area contributed by atoms with E-state index in [9.17, 15) is 0 Å². The molecule has 4 nitrogen and oxygen atoms in total. The fraction of sp³-hybridized carbons (Fsp3) is 0.0545. The molecule has 2 atom stereocenters. The predicted molar refractivity (Wildman–Crippen MR) is 245 cm³/mol. The number of rotatable bonds is 4. The van der Waals surface area contributed by atoms with Gasteiger partial charge in [-0.15, -0.1) is 0 Å². The minimum atomic E-state index is 0.236. The summed E-state index contributed by atoms with van der Waals surface area (Å²) in [5.74, 6) is 0.294. The SMILES string of the molecule is CC1C=C(c2ccc3oc4cc5c(cc4c3c2)oc2c(-c3ccc4c(c3)c3ccccc3n4-c3ccccc3)cccc25)C=C2c3ccccc3N(c3ccccc3)C21. The Kier molecular flexibility index (Phi) is 6.74. The monoisotopic (exact) mass is 756 g/mol. The first-order chi connectivity index (χ1) is 29.2. The molecule has 278 valence electrons. The zero-order valence-electron chi connectivity index (χ0n) is 32.3. The highest BCUT2D eigenvalue weighted by Gasteiger charge is 2.39. The highest BCUT2D eigenvalue weighted by atomic mass is 16.3. The maximum atomic E-state index is 6.85. The largest absolute Gasteiger partial charge is 0.456 e. The molecule has 1 aliphatic carbocycles. The highest BCUT2D eigenvalue weighted by Crippen LogP contribution is 2.51. The van der Waals surface area contributed by atoms with Crippen molar-refractivity contribution in [1.82, 2.24) is 4.57 Å². The smallest absolute Gasteiger partial charge is 0.143 e. The van der Waals surface area contributed by atoms with E-state index in [0.717, 1.165) is 60.7 Å². The lowest BCUT2D eigenvalue weighted by Crippen LogP contribution is -2.33. The summed E-state index contributed by atoms with van der Waals surface area (Å²) in [4.78, 5) is 2.51. The number of allylic oxidation sites excluding steroid dienone is 2. The minimum Gasteiger partial charge on any atom is -0.456 e. The molecule has 2 unspecified atom stereocenters. The third-order valence-electron chi connectivity index (χ3n) is 12.8. The van der Waals surface area contributed by atoms with Gasteiger partial charge in [0.1, 0.15) is 22.3 Å². The lowest BCUT2D eigenvalue weighted by Gasteiger charge is -2.33. The van der Waals surface area contributed by atoms with Gasteiger partial charge in [-0.25, -0.2) is 0 Å². The molecule has 13 rings (SSSR count). The predicted octanol–water partition coefficient (Wildman–Crippen LogP) is 14.9. The summed E-state index contributed by atoms with van der Waals surface area (Å²) in [5, 5.41) is 6.73. The Labute approximate surface area is 340 Å². The maximum Gasteiger partial charge on any atom is 0.143 e. The van der Waals surface area contributed by atoms with Gasteiger partial charge >= 0.3 is 0 Å². The molecule has 0 amide bonds. The Balaban J connectivity index is 0.919. The van der Waals surface area contributed by atoms with E-state index in [1.165, 1.54) is 55.5 Å². The Morgan fingerprint density at radius 2 is 1.10 bits per heavy atom. The van der Waals surface area contributed by atoms with E-state index in [1.54, 1.807) is 0 Å². The molecule has 4 heterocycles. The van der Waals surface area contributed by atoms with Crippen LogP contribution in [-0.2, 0) is 0 Å². The first-order valence-corrected chi connectivity index (χ1v) is 20.4. The normalized spacial score (nSPS) is 16.4. The summed E-state index contributed by atoms with van der Waals surface area (Å²) in [5.41, 5.74) is 16.8. The molecule has 0 spiro atoms. The standard InChI is InChI=1S/C55H36N2O2/c1-33-27-36(30-47-41-18-9-11-22-49(41)57(54(33)47)38-15-6-3-7-16-38)34-24-26-51-44(28-34)46-32-53-45(31-52(46)58-51)42-20-12-19-39(55(42)59-53)35-23-25-50-43(29-35)40-17-8-10-21-48(40)56(50)37-13-4-2-5-14-37/h2-33,54H,1H3. The van der Waals surface area contributed by atoms with Crippen LogP contribution in [0.3, 0.4) is 0 Å². The molecule has 0 saturated heterocycles. The van der Waals surface area contributed by atoms with Gasteiger partial charge in [-0.1, -0.05) is 116 Å². The number of hydrogen-bond donors (Lipinski definition) is 0. The second-order valence-electron chi connectivity index (χ2n) is 16.1. The van der Waals surface area contributed by atoms with E-state index in [1.807, 2.05) is 0 Å². The summed E-state index contributed by atoms with van der Waals surface area (Å²) in [6.07, 6.45) is 4.85. The number of anilines is 2. The summed E-state index contributed by atoms with van der Waals surface area (Å²) in [7, 11) is 0. The quantitative estimate of drug-likeness (QED) is 0.179. The van der Waals surface area contributed by atoms with Crippen LogP contribution < -0.4 is 4.90 Å². The summed E-state index contributed by atoms with van der Waals surface area (Å²) >= 11 is 0. The fourth-order valence-electron chi connectivity index (χ4n) is 10.2. The van der Waals surface area contributed by atoms with Crippen molar-refractivity contribution < 1.29 is 8.83 Å². The maximum absolute atomic E-state index is 6.85. The van der Waals surface area contributed by atoms with Gasteiger partial charge in [-0.3, -0.25) is 0 Å². The molecule has 1 aliphatic heterocycles. The van der Waals surface area contributed by atoms with Crippen molar-refractivity contribution in [3.05, 3.63) is 199 Å². The van der Waals surface area contributed by atoms with Crippen molar-refractivity contribution in [2.75, 3.05) is 4.90 Å². The number of furan rings is 2. The van der Waals surface area contributed by atoms with Crippen LogP contribution in [-0.4, -0.2) is 10.6 Å². The van der Waals surface area contributed by atoms with Crippen LogP contribution in [0.1, 0.15) is 18.1 Å². The first-order valence-electron chi connectivity index (χ1n) is 20.4. The molecule has 0 saturated carbocycles. The van der Waals surface area contributed by atoms with Gasteiger partial charge in [0.15, 0.2) is 0 Å². The molecule has 0 fully saturated rings. The van der Waals surface area contributed by atoms with Crippen LogP contribution in [0.2, 0.25) is 0 Å². The third kappa shape index (κ3) is 4.71. The van der Waals surface area contributed by atoms with Crippen molar-refractivity contribution >= 4 is 88.2 Å². The van der Waals surface area contributed by atoms with Gasteiger partial charge in [-0.2, -0.15) is 0 Å². The van der Waals surface area contributed by atoms with Crippen LogP contribution in [0.4, 0.5) is 11.4 Å². The van der Waals surface area contributed by atoms with Crippen molar-refractivity contribution in [3.8, 4) is 16.8 Å². The van der Waals surface area contributed by atoms with E-state index in [-0.39, 0.29) is 6.04 Å². The van der Waals surface area contributed by atoms with Crippen LogP contribution in [0.15, 0.2) is 197 Å². The molecular weight excluding hydrogens is 721 g/mol. The Morgan fingerprint density at radius 3 is 1.97 bits per heavy atom. The van der Waals surface area contributed by atoms with Crippen molar-refractivity contribution in [2.24, 2.45) is 5.92 Å². The molecule has 0 radical (unpaired) electrons. The van der Waals surface area contributed by atoms with E-state index in [2.05, 4.69) is 204 Å². The Bertz CT molecular complexity index is 3580. The van der Waals surface area contributed by atoms with Crippen LogP contribution in [0.5, 0.6) is 0 Å². The van der Waals surface area contributed by atoms with Gasteiger partial charge in [0.05, 0.1) is 17.1 Å². The van der Waals surface area contributed by atoms with Gasteiger partial charge in [-0.05, 0) is 107 Å². The van der Waals surface area contributed by atoms with Crippen LogP contribution >= 0.6 is 0 Å². The lowest BCUT2D eigenvalue weighted by molar-refractivity contribution is 0.639. The molecule has 0 N–H and O–H groups in total. The molecule has 59 heavy (non-hydrogen) atoms. The van der Waals surface area contributed by atoms with E-state index in [4.69, 9.17) is 8.83 Å². The summed E-state index contributed by atoms with van der Waals surface area (Å²) < 4.78 is 15.8. The van der Waals surface area contributed by atoms with Gasteiger partial charge < -0.3 is 18.3 Å². The van der Waals surface area contributed by atoms with E-state index in [0.29, 0.717) is 5.92 Å². The Hall–Kier alpha value is -7.56. The number of nitrogens with zero attached hydrogens (tertiary/aromatic N) is 2. The molecule has 8 aromatic carbocycles. The molecule has 2 aliphatic rings. The van der Waals surface area contributed by atoms with Gasteiger partial charge in [0.2, 0.25) is 0 Å². The minimum absolute atomic E-state index is 0.236. The average molecular weight is 757 g/mol. The van der Waals surface area contributed by atoms with Crippen molar-refractivity contribution in [3.63, 3.8) is 0 Å². The topological polar surface area (TPSA) is 34.5 Å². The molecule has 4 heteroatoms. The van der Waals surface area contributed by atoms with Crippen LogP contribution in [0.25, 0.3) is 93.6 Å². The number of aromatic nitrogens is 1. The second kappa shape index (κ2) is 12.2. The van der Waals surface area contributed by atoms with Crippen LogP contribution in [0, 0.1) is 5.92 Å². The molecule has 3 aromatic heterocycles. The zero-order valence-corrected chi connectivity index (χ0v) is 32.3. The molecule has 11 aromatic rings. The second-order valence-corrected chi connectivity index (χ2v) is 16.1. The van der Waals surface area contributed by atoms with Crippen molar-refractivity contribution in [1.29, 1.82) is 0 Å². The van der Waals surface area contributed by atoms with Gasteiger partial charge in [0.25, 0.3) is 0 Å². The van der Waals surface area contributed by atoms with E-state index >= 15 is 0 Å². The van der Waals surface area contributed by atoms with Crippen molar-refractivity contribution in [2.45, 2.75) is 13.0 Å². The first kappa shape index (κ1) is 32.5. The highest BCUT2D eigenvalue weighted by molar-refractivity contribution is 6.18. The lowest BCUT2D eigenvalue weighted by atomic mass is 9.83. The summed E-state index contributed by atoms with van der Waals surface area (Å²) in [6.45, 7) is 2.35. The van der Waals surface area contributed by atoms with E-state index < -0.39 is 0 Å². The summed E-state index contributed by atoms with van der Waals surface area (Å²) in [6, 6.07) is 63.4. The Morgan fingerprint density at radius 1 is 0.458 bits per heavy atom.